The molecule has 0 aliphatic heterocycles. The lowest BCUT2D eigenvalue weighted by Gasteiger charge is -2.22. The number of nitrogens with zero attached hydrogens (tertiary/aromatic N) is 3. The average Bonchev–Trinajstić information content (AvgIpc) is 2.97. The molecule has 0 saturated heterocycles. The maximum atomic E-state index is 10.8. The van der Waals surface area contributed by atoms with Gasteiger partial charge in [0.1, 0.15) is 5.75 Å². The van der Waals surface area contributed by atoms with Crippen LogP contribution in [0.2, 0.25) is 5.02 Å². The molecular formula is C20H28ClN5O2. The van der Waals surface area contributed by atoms with E-state index in [1.165, 1.54) is 0 Å². The first-order chi connectivity index (χ1) is 13.4. The zero-order chi connectivity index (χ0) is 20.5. The van der Waals surface area contributed by atoms with Crippen molar-refractivity contribution in [2.45, 2.75) is 19.9 Å². The van der Waals surface area contributed by atoms with E-state index in [-0.39, 0.29) is 6.61 Å². The minimum atomic E-state index is -0.490. The molecule has 1 heterocycles. The van der Waals surface area contributed by atoms with Crippen molar-refractivity contribution in [1.29, 1.82) is 0 Å². The smallest absolute Gasteiger partial charge is 0.255 e. The Hall–Kier alpha value is -2.67. The van der Waals surface area contributed by atoms with E-state index < -0.39 is 5.91 Å². The molecule has 0 spiro atoms. The molecule has 1 aromatic heterocycles. The normalized spacial score (nSPS) is 11.4. The van der Waals surface area contributed by atoms with Crippen LogP contribution in [0.1, 0.15) is 18.2 Å². The molecule has 0 fully saturated rings. The van der Waals surface area contributed by atoms with Crippen LogP contribution in [0, 0.1) is 0 Å². The molecule has 0 radical (unpaired) electrons. The van der Waals surface area contributed by atoms with Gasteiger partial charge in [-0.2, -0.15) is 0 Å². The zero-order valence-corrected chi connectivity index (χ0v) is 17.4. The van der Waals surface area contributed by atoms with Crippen LogP contribution in [0.25, 0.3) is 0 Å². The van der Waals surface area contributed by atoms with E-state index in [0.29, 0.717) is 18.8 Å². The van der Waals surface area contributed by atoms with Crippen LogP contribution in [0.5, 0.6) is 5.75 Å². The quantitative estimate of drug-likeness (QED) is 0.494. The second-order valence-corrected chi connectivity index (χ2v) is 6.94. The first kappa shape index (κ1) is 21.6. The van der Waals surface area contributed by atoms with Crippen LogP contribution >= 0.6 is 11.6 Å². The average molecular weight is 406 g/mol. The number of carbonyl (C=O) groups excluding carboxylic acids is 1. The van der Waals surface area contributed by atoms with Gasteiger partial charge in [-0.3, -0.25) is 9.79 Å². The number of nitrogens with one attached hydrogen (secondary N) is 1. The van der Waals surface area contributed by atoms with Crippen LogP contribution in [-0.4, -0.2) is 48.1 Å². The molecule has 8 heteroatoms. The molecule has 3 N–H and O–H groups in total. The van der Waals surface area contributed by atoms with Gasteiger partial charge >= 0.3 is 0 Å². The maximum Gasteiger partial charge on any atom is 0.255 e. The van der Waals surface area contributed by atoms with Crippen molar-refractivity contribution in [1.82, 2.24) is 14.8 Å². The molecule has 0 aliphatic rings. The van der Waals surface area contributed by atoms with Gasteiger partial charge in [0, 0.05) is 39.1 Å². The third-order valence-electron chi connectivity index (χ3n) is 4.14. The number of ether oxygens (including phenoxy) is 1. The standard InChI is InChI=1S/C20H28ClN5O2/c1-4-23-20(26(3)13-17-11-16(21)12-25(17)2)24-10-9-15-5-7-18(8-6-15)28-14-19(22)27/h5-8,11-12H,4,9-10,13-14H2,1-3H3,(H2,22,27)(H,23,24). The van der Waals surface area contributed by atoms with Crippen molar-refractivity contribution in [3.63, 3.8) is 0 Å². The van der Waals surface area contributed by atoms with Gasteiger partial charge in [0.15, 0.2) is 12.6 Å². The molecule has 2 aromatic rings. The summed E-state index contributed by atoms with van der Waals surface area (Å²) < 4.78 is 7.28. The van der Waals surface area contributed by atoms with E-state index in [1.54, 1.807) is 0 Å². The highest BCUT2D eigenvalue weighted by Crippen LogP contribution is 2.15. The maximum absolute atomic E-state index is 10.8. The van der Waals surface area contributed by atoms with Gasteiger partial charge in [-0.1, -0.05) is 23.7 Å². The van der Waals surface area contributed by atoms with Gasteiger partial charge < -0.3 is 25.3 Å². The first-order valence-electron chi connectivity index (χ1n) is 9.19. The summed E-state index contributed by atoms with van der Waals surface area (Å²) in [5.74, 6) is 0.984. The fourth-order valence-corrected chi connectivity index (χ4v) is 2.98. The molecule has 1 aromatic carbocycles. The Morgan fingerprint density at radius 1 is 1.36 bits per heavy atom. The van der Waals surface area contributed by atoms with Crippen molar-refractivity contribution in [2.75, 3.05) is 26.7 Å². The molecule has 2 rings (SSSR count). The number of nitrogens with two attached hydrogens (primary N) is 1. The minimum absolute atomic E-state index is 0.117. The largest absolute Gasteiger partial charge is 0.484 e. The van der Waals surface area contributed by atoms with Crippen molar-refractivity contribution in [3.05, 3.63) is 52.8 Å². The summed E-state index contributed by atoms with van der Waals surface area (Å²) in [6.07, 6.45) is 2.69. The van der Waals surface area contributed by atoms with E-state index in [0.717, 1.165) is 35.2 Å². The Morgan fingerprint density at radius 3 is 2.64 bits per heavy atom. The number of hydrogen-bond acceptors (Lipinski definition) is 3. The van der Waals surface area contributed by atoms with Crippen LogP contribution < -0.4 is 15.8 Å². The Bertz CT molecular complexity index is 801. The van der Waals surface area contributed by atoms with Gasteiger partial charge in [-0.05, 0) is 37.1 Å². The summed E-state index contributed by atoms with van der Waals surface area (Å²) in [6, 6.07) is 9.56. The van der Waals surface area contributed by atoms with Crippen LogP contribution in [-0.2, 0) is 24.8 Å². The van der Waals surface area contributed by atoms with Crippen molar-refractivity contribution < 1.29 is 9.53 Å². The summed E-state index contributed by atoms with van der Waals surface area (Å²) in [6.45, 7) is 4.09. The Labute approximate surface area is 171 Å². The van der Waals surface area contributed by atoms with Gasteiger partial charge in [0.05, 0.1) is 11.6 Å². The fourth-order valence-electron chi connectivity index (χ4n) is 2.71. The third-order valence-corrected chi connectivity index (χ3v) is 4.34. The number of aryl methyl sites for hydroxylation is 1. The number of benzene rings is 1. The lowest BCUT2D eigenvalue weighted by Crippen LogP contribution is -2.39. The lowest BCUT2D eigenvalue weighted by atomic mass is 10.1. The van der Waals surface area contributed by atoms with Crippen molar-refractivity contribution in [3.8, 4) is 5.75 Å². The molecular weight excluding hydrogens is 378 g/mol. The number of halogens is 1. The van der Waals surface area contributed by atoms with Gasteiger partial charge in [-0.25, -0.2) is 0 Å². The molecule has 0 bridgehead atoms. The second-order valence-electron chi connectivity index (χ2n) is 6.50. The number of primary amides is 1. The number of amides is 1. The highest BCUT2D eigenvalue weighted by Gasteiger charge is 2.09. The SMILES string of the molecule is CCNC(=NCCc1ccc(OCC(N)=O)cc1)N(C)Cc1cc(Cl)cn1C. The number of guanidine groups is 1. The van der Waals surface area contributed by atoms with Crippen LogP contribution in [0.4, 0.5) is 0 Å². The van der Waals surface area contributed by atoms with Crippen molar-refractivity contribution in [2.24, 2.45) is 17.8 Å². The van der Waals surface area contributed by atoms with Gasteiger partial charge in [0.25, 0.3) is 5.91 Å². The Morgan fingerprint density at radius 2 is 2.07 bits per heavy atom. The zero-order valence-electron chi connectivity index (χ0n) is 16.6. The predicted molar refractivity (Wildman–Crippen MR) is 113 cm³/mol. The van der Waals surface area contributed by atoms with E-state index in [1.807, 2.05) is 62.1 Å². The molecule has 28 heavy (non-hydrogen) atoms. The minimum Gasteiger partial charge on any atom is -0.484 e. The lowest BCUT2D eigenvalue weighted by molar-refractivity contribution is -0.119. The topological polar surface area (TPSA) is 84.9 Å². The molecule has 7 nitrogen and oxygen atoms in total. The molecule has 1 amide bonds. The number of aliphatic imine (C=N–C) groups is 1. The number of rotatable bonds is 9. The number of hydrogen-bond donors (Lipinski definition) is 2. The van der Waals surface area contributed by atoms with E-state index in [4.69, 9.17) is 27.1 Å². The highest BCUT2D eigenvalue weighted by atomic mass is 35.5. The predicted octanol–water partition coefficient (Wildman–Crippen LogP) is 2.18. The molecule has 0 unspecified atom stereocenters. The summed E-state index contributed by atoms with van der Waals surface area (Å²) in [5, 5.41) is 4.05. The number of carbonyl (C=O) groups is 1. The summed E-state index contributed by atoms with van der Waals surface area (Å²) in [4.78, 5) is 17.6. The van der Waals surface area contributed by atoms with Gasteiger partial charge in [0.2, 0.25) is 0 Å². The molecule has 152 valence electrons. The summed E-state index contributed by atoms with van der Waals surface area (Å²) in [5.41, 5.74) is 7.33. The van der Waals surface area contributed by atoms with Crippen LogP contribution in [0.15, 0.2) is 41.5 Å². The fraction of sp³-hybridized carbons (Fsp3) is 0.400. The second kappa shape index (κ2) is 10.6. The monoisotopic (exact) mass is 405 g/mol. The van der Waals surface area contributed by atoms with Crippen LogP contribution in [0.3, 0.4) is 0 Å². The first-order valence-corrected chi connectivity index (χ1v) is 9.57. The van der Waals surface area contributed by atoms with E-state index >= 15 is 0 Å². The summed E-state index contributed by atoms with van der Waals surface area (Å²) in [7, 11) is 3.99. The summed E-state index contributed by atoms with van der Waals surface area (Å²) >= 11 is 6.07. The Kier molecular flexibility index (Phi) is 8.19. The Balaban J connectivity index is 1.92. The molecule has 0 saturated carbocycles. The number of aromatic nitrogens is 1. The van der Waals surface area contributed by atoms with E-state index in [2.05, 4.69) is 10.2 Å². The third kappa shape index (κ3) is 6.81. The molecule has 0 atom stereocenters. The van der Waals surface area contributed by atoms with Gasteiger partial charge in [-0.15, -0.1) is 0 Å². The highest BCUT2D eigenvalue weighted by molar-refractivity contribution is 6.30. The van der Waals surface area contributed by atoms with Crippen molar-refractivity contribution >= 4 is 23.5 Å². The molecule has 0 aliphatic carbocycles. The van der Waals surface area contributed by atoms with E-state index in [9.17, 15) is 4.79 Å².